The average Bonchev–Trinajstić information content (AvgIpc) is 3.19. The van der Waals surface area contributed by atoms with Gasteiger partial charge in [0.05, 0.1) is 0 Å². The largest absolute Gasteiger partial charge is 0.313 e. The molecule has 1 fully saturated rings. The van der Waals surface area contributed by atoms with Gasteiger partial charge in [-0.3, -0.25) is 0 Å². The lowest BCUT2D eigenvalue weighted by Crippen LogP contribution is -2.28. The topological polar surface area (TPSA) is 12.0 Å². The lowest BCUT2D eigenvalue weighted by molar-refractivity contribution is 0.368. The quantitative estimate of drug-likeness (QED) is 0.779. The molecule has 1 aromatic rings. The molecule has 1 N–H and O–H groups in total. The first kappa shape index (κ1) is 14.4. The third-order valence-corrected chi connectivity index (χ3v) is 4.18. The van der Waals surface area contributed by atoms with E-state index in [1.165, 1.54) is 18.9 Å². The fourth-order valence-corrected chi connectivity index (χ4v) is 2.77. The van der Waals surface area contributed by atoms with E-state index in [1.807, 2.05) is 0 Å². The zero-order chi connectivity index (χ0) is 13.8. The van der Waals surface area contributed by atoms with Gasteiger partial charge >= 0.3 is 0 Å². The van der Waals surface area contributed by atoms with Crippen molar-refractivity contribution in [2.75, 3.05) is 6.54 Å². The van der Waals surface area contributed by atoms with Gasteiger partial charge < -0.3 is 5.32 Å². The van der Waals surface area contributed by atoms with E-state index < -0.39 is 11.6 Å². The van der Waals surface area contributed by atoms with Gasteiger partial charge in [-0.05, 0) is 30.4 Å². The van der Waals surface area contributed by atoms with E-state index in [-0.39, 0.29) is 5.92 Å². The molecule has 0 spiro atoms. The van der Waals surface area contributed by atoms with E-state index >= 15 is 0 Å². The molecule has 0 aromatic heterocycles. The van der Waals surface area contributed by atoms with Crippen LogP contribution in [0.4, 0.5) is 8.78 Å². The fourth-order valence-electron chi connectivity index (χ4n) is 2.77. The lowest BCUT2D eigenvalue weighted by atomic mass is 9.82. The molecule has 1 aliphatic carbocycles. The SMILES string of the molecule is CCC(CC)C(CNC1CC1)c1ccc(F)cc1F. The third-order valence-electron chi connectivity index (χ3n) is 4.18. The molecule has 1 unspecified atom stereocenters. The summed E-state index contributed by atoms with van der Waals surface area (Å²) < 4.78 is 27.1. The van der Waals surface area contributed by atoms with E-state index in [0.29, 0.717) is 17.5 Å². The Balaban J connectivity index is 2.17. The maximum absolute atomic E-state index is 14.0. The van der Waals surface area contributed by atoms with Crippen LogP contribution in [-0.4, -0.2) is 12.6 Å². The summed E-state index contributed by atoms with van der Waals surface area (Å²) in [5.74, 6) is -0.336. The molecule has 0 saturated heterocycles. The molecule has 0 amide bonds. The third kappa shape index (κ3) is 3.75. The molecule has 3 heteroatoms. The van der Waals surface area contributed by atoms with Crippen LogP contribution in [-0.2, 0) is 0 Å². The highest BCUT2D eigenvalue weighted by Gasteiger charge is 2.27. The Bertz CT molecular complexity index is 411. The molecule has 0 bridgehead atoms. The molecular formula is C16H23F2N. The van der Waals surface area contributed by atoms with Gasteiger partial charge in [-0.1, -0.05) is 32.8 Å². The van der Waals surface area contributed by atoms with Gasteiger partial charge in [0.2, 0.25) is 0 Å². The zero-order valence-corrected chi connectivity index (χ0v) is 11.8. The van der Waals surface area contributed by atoms with E-state index in [1.54, 1.807) is 6.07 Å². The van der Waals surface area contributed by atoms with E-state index in [4.69, 9.17) is 0 Å². The predicted molar refractivity (Wildman–Crippen MR) is 74.2 cm³/mol. The van der Waals surface area contributed by atoms with Crippen molar-refractivity contribution in [3.63, 3.8) is 0 Å². The first-order valence-electron chi connectivity index (χ1n) is 7.34. The van der Waals surface area contributed by atoms with Crippen LogP contribution >= 0.6 is 0 Å². The number of halogens is 2. The normalized spacial score (nSPS) is 16.9. The molecule has 1 saturated carbocycles. The summed E-state index contributed by atoms with van der Waals surface area (Å²) in [7, 11) is 0. The van der Waals surface area contributed by atoms with Crippen LogP contribution in [0.3, 0.4) is 0 Å². The molecule has 0 aliphatic heterocycles. The summed E-state index contributed by atoms with van der Waals surface area (Å²) in [6.45, 7) is 5.07. The second-order valence-corrected chi connectivity index (χ2v) is 5.53. The Morgan fingerprint density at radius 2 is 1.89 bits per heavy atom. The van der Waals surface area contributed by atoms with Crippen molar-refractivity contribution in [1.29, 1.82) is 0 Å². The second kappa shape index (κ2) is 6.47. The predicted octanol–water partition coefficient (Wildman–Crippen LogP) is 4.24. The van der Waals surface area contributed by atoms with Crippen LogP contribution in [0.15, 0.2) is 18.2 Å². The summed E-state index contributed by atoms with van der Waals surface area (Å²) in [5, 5.41) is 3.49. The van der Waals surface area contributed by atoms with Crippen LogP contribution in [0.1, 0.15) is 51.0 Å². The van der Waals surface area contributed by atoms with Crippen LogP contribution in [0.25, 0.3) is 0 Å². The minimum absolute atomic E-state index is 0.135. The first-order valence-corrected chi connectivity index (χ1v) is 7.34. The molecule has 2 rings (SSSR count). The summed E-state index contributed by atoms with van der Waals surface area (Å²) in [6, 6.07) is 4.59. The summed E-state index contributed by atoms with van der Waals surface area (Å²) >= 11 is 0. The second-order valence-electron chi connectivity index (χ2n) is 5.53. The summed E-state index contributed by atoms with van der Waals surface area (Å²) in [4.78, 5) is 0. The van der Waals surface area contributed by atoms with Crippen LogP contribution in [0.5, 0.6) is 0 Å². The van der Waals surface area contributed by atoms with Crippen LogP contribution < -0.4 is 5.32 Å². The van der Waals surface area contributed by atoms with Crippen LogP contribution in [0, 0.1) is 17.6 Å². The van der Waals surface area contributed by atoms with Gasteiger partial charge in [-0.15, -0.1) is 0 Å². The Hall–Kier alpha value is -0.960. The van der Waals surface area contributed by atoms with Crippen molar-refractivity contribution in [2.24, 2.45) is 5.92 Å². The van der Waals surface area contributed by atoms with E-state index in [0.717, 1.165) is 25.5 Å². The number of rotatable bonds is 7. The molecule has 1 aliphatic rings. The molecule has 1 atom stereocenters. The molecule has 0 radical (unpaired) electrons. The van der Waals surface area contributed by atoms with Crippen LogP contribution in [0.2, 0.25) is 0 Å². The van der Waals surface area contributed by atoms with Gasteiger partial charge in [-0.25, -0.2) is 8.78 Å². The highest BCUT2D eigenvalue weighted by molar-refractivity contribution is 5.24. The minimum Gasteiger partial charge on any atom is -0.313 e. The Kier molecular flexibility index (Phi) is 4.92. The van der Waals surface area contributed by atoms with Gasteiger partial charge in [0, 0.05) is 24.6 Å². The van der Waals surface area contributed by atoms with Crippen molar-refractivity contribution in [1.82, 2.24) is 5.32 Å². The smallest absolute Gasteiger partial charge is 0.129 e. The van der Waals surface area contributed by atoms with Crippen molar-refractivity contribution < 1.29 is 8.78 Å². The Morgan fingerprint density at radius 3 is 2.42 bits per heavy atom. The zero-order valence-electron chi connectivity index (χ0n) is 11.8. The van der Waals surface area contributed by atoms with Gasteiger partial charge in [-0.2, -0.15) is 0 Å². The van der Waals surface area contributed by atoms with Gasteiger partial charge in [0.25, 0.3) is 0 Å². The molecule has 19 heavy (non-hydrogen) atoms. The van der Waals surface area contributed by atoms with Crippen molar-refractivity contribution >= 4 is 0 Å². The van der Waals surface area contributed by atoms with Crippen molar-refractivity contribution in [3.05, 3.63) is 35.4 Å². The van der Waals surface area contributed by atoms with Crippen molar-refractivity contribution in [3.8, 4) is 0 Å². The molecule has 1 aromatic carbocycles. The van der Waals surface area contributed by atoms with E-state index in [2.05, 4.69) is 19.2 Å². The van der Waals surface area contributed by atoms with Gasteiger partial charge in [0.1, 0.15) is 11.6 Å². The number of hydrogen-bond donors (Lipinski definition) is 1. The minimum atomic E-state index is -0.500. The highest BCUT2D eigenvalue weighted by atomic mass is 19.1. The average molecular weight is 267 g/mol. The Labute approximate surface area is 114 Å². The number of hydrogen-bond acceptors (Lipinski definition) is 1. The van der Waals surface area contributed by atoms with Gasteiger partial charge in [0.15, 0.2) is 0 Å². The Morgan fingerprint density at radius 1 is 1.21 bits per heavy atom. The first-order chi connectivity index (χ1) is 9.15. The number of benzene rings is 1. The highest BCUT2D eigenvalue weighted by Crippen LogP contribution is 2.32. The van der Waals surface area contributed by atoms with E-state index in [9.17, 15) is 8.78 Å². The maximum atomic E-state index is 14.0. The molecule has 1 nitrogen and oxygen atoms in total. The molecule has 106 valence electrons. The van der Waals surface area contributed by atoms with Crippen molar-refractivity contribution in [2.45, 2.75) is 51.5 Å². The fraction of sp³-hybridized carbons (Fsp3) is 0.625. The standard InChI is InChI=1S/C16H23F2N/c1-3-11(4-2)15(10-19-13-6-7-13)14-8-5-12(17)9-16(14)18/h5,8-9,11,13,15,19H,3-4,6-7,10H2,1-2H3. The maximum Gasteiger partial charge on any atom is 0.129 e. The lowest BCUT2D eigenvalue weighted by Gasteiger charge is -2.26. The number of nitrogens with one attached hydrogen (secondary N) is 1. The monoisotopic (exact) mass is 267 g/mol. The molecule has 0 heterocycles. The molecular weight excluding hydrogens is 244 g/mol. The summed E-state index contributed by atoms with van der Waals surface area (Å²) in [6.07, 6.45) is 4.48. The summed E-state index contributed by atoms with van der Waals surface area (Å²) in [5.41, 5.74) is 0.656.